The standard InChI is InChI=1S/C15H19NO/c16-14(10-17)12-9-15(7-3-4-8-15)13-6-2-1-5-11(12)13/h1-2,5-6,9,14,17H,3-4,7-8,10,16H2. The van der Waals surface area contributed by atoms with Crippen molar-refractivity contribution in [3.05, 3.63) is 41.5 Å². The van der Waals surface area contributed by atoms with Crippen molar-refractivity contribution in [2.45, 2.75) is 37.1 Å². The van der Waals surface area contributed by atoms with Crippen molar-refractivity contribution in [2.24, 2.45) is 5.73 Å². The predicted octanol–water partition coefficient (Wildman–Crippen LogP) is 2.21. The summed E-state index contributed by atoms with van der Waals surface area (Å²) in [5.74, 6) is 0. The van der Waals surface area contributed by atoms with E-state index in [2.05, 4.69) is 30.3 Å². The number of allylic oxidation sites excluding steroid dienone is 1. The van der Waals surface area contributed by atoms with E-state index in [0.29, 0.717) is 0 Å². The zero-order valence-corrected chi connectivity index (χ0v) is 10.0. The molecule has 1 saturated carbocycles. The van der Waals surface area contributed by atoms with Crippen molar-refractivity contribution in [3.63, 3.8) is 0 Å². The minimum atomic E-state index is -0.240. The first-order valence-electron chi connectivity index (χ1n) is 6.46. The van der Waals surface area contributed by atoms with Crippen LogP contribution in [0.3, 0.4) is 0 Å². The molecule has 2 aliphatic carbocycles. The van der Waals surface area contributed by atoms with Crippen LogP contribution in [0.2, 0.25) is 0 Å². The van der Waals surface area contributed by atoms with E-state index in [1.165, 1.54) is 36.8 Å². The number of benzene rings is 1. The van der Waals surface area contributed by atoms with Gasteiger partial charge in [-0.3, -0.25) is 0 Å². The summed E-state index contributed by atoms with van der Waals surface area (Å²) in [6.07, 6.45) is 7.39. The van der Waals surface area contributed by atoms with Crippen molar-refractivity contribution in [2.75, 3.05) is 6.61 Å². The normalized spacial score (nSPS) is 22.6. The maximum Gasteiger partial charge on any atom is 0.0624 e. The summed E-state index contributed by atoms with van der Waals surface area (Å²) < 4.78 is 0. The van der Waals surface area contributed by atoms with Crippen LogP contribution < -0.4 is 5.73 Å². The molecule has 1 fully saturated rings. The van der Waals surface area contributed by atoms with Gasteiger partial charge in [0.1, 0.15) is 0 Å². The topological polar surface area (TPSA) is 46.2 Å². The molecule has 1 atom stereocenters. The van der Waals surface area contributed by atoms with Gasteiger partial charge in [-0.15, -0.1) is 0 Å². The largest absolute Gasteiger partial charge is 0.394 e. The molecule has 2 nitrogen and oxygen atoms in total. The average Bonchev–Trinajstić information content (AvgIpc) is 2.97. The molecule has 0 radical (unpaired) electrons. The minimum Gasteiger partial charge on any atom is -0.394 e. The summed E-state index contributed by atoms with van der Waals surface area (Å²) in [5.41, 5.74) is 10.1. The minimum absolute atomic E-state index is 0.0241. The van der Waals surface area contributed by atoms with Gasteiger partial charge in [0, 0.05) is 5.41 Å². The fourth-order valence-electron chi connectivity index (χ4n) is 3.45. The molecule has 1 aromatic carbocycles. The Balaban J connectivity index is 2.12. The monoisotopic (exact) mass is 229 g/mol. The number of hydrogen-bond donors (Lipinski definition) is 2. The zero-order valence-electron chi connectivity index (χ0n) is 10.0. The first-order chi connectivity index (χ1) is 8.27. The molecular formula is C15H19NO. The summed E-state index contributed by atoms with van der Waals surface area (Å²) >= 11 is 0. The first kappa shape index (κ1) is 11.0. The molecule has 0 amide bonds. The molecule has 0 aromatic heterocycles. The molecule has 17 heavy (non-hydrogen) atoms. The van der Waals surface area contributed by atoms with Crippen molar-refractivity contribution in [1.82, 2.24) is 0 Å². The van der Waals surface area contributed by atoms with Gasteiger partial charge in [0.25, 0.3) is 0 Å². The maximum absolute atomic E-state index is 9.29. The highest BCUT2D eigenvalue weighted by Gasteiger charge is 2.40. The molecule has 1 unspecified atom stereocenters. The van der Waals surface area contributed by atoms with E-state index >= 15 is 0 Å². The summed E-state index contributed by atoms with van der Waals surface area (Å²) in [6, 6.07) is 8.30. The van der Waals surface area contributed by atoms with Crippen molar-refractivity contribution >= 4 is 5.57 Å². The smallest absolute Gasteiger partial charge is 0.0624 e. The Morgan fingerprint density at radius 3 is 2.65 bits per heavy atom. The van der Waals surface area contributed by atoms with Gasteiger partial charge in [0.05, 0.1) is 12.6 Å². The van der Waals surface area contributed by atoms with Gasteiger partial charge in [-0.05, 0) is 29.5 Å². The zero-order chi connectivity index (χ0) is 11.9. The van der Waals surface area contributed by atoms with E-state index in [4.69, 9.17) is 5.73 Å². The molecule has 0 saturated heterocycles. The molecule has 1 spiro atoms. The maximum atomic E-state index is 9.29. The molecule has 3 N–H and O–H groups in total. The van der Waals surface area contributed by atoms with Crippen LogP contribution >= 0.6 is 0 Å². The Bertz CT molecular complexity index is 458. The number of aliphatic hydroxyl groups excluding tert-OH is 1. The lowest BCUT2D eigenvalue weighted by atomic mass is 9.81. The third kappa shape index (κ3) is 1.55. The highest BCUT2D eigenvalue weighted by atomic mass is 16.3. The lowest BCUT2D eigenvalue weighted by molar-refractivity contribution is 0.287. The summed E-state index contributed by atoms with van der Waals surface area (Å²) in [6.45, 7) is 0.0241. The highest BCUT2D eigenvalue weighted by molar-refractivity contribution is 5.79. The molecule has 0 aliphatic heterocycles. The second kappa shape index (κ2) is 3.97. The molecule has 2 aliphatic rings. The lowest BCUT2D eigenvalue weighted by Gasteiger charge is -2.22. The van der Waals surface area contributed by atoms with Gasteiger partial charge in [0.2, 0.25) is 0 Å². The quantitative estimate of drug-likeness (QED) is 0.816. The summed E-state index contributed by atoms with van der Waals surface area (Å²) in [5, 5.41) is 9.29. The first-order valence-corrected chi connectivity index (χ1v) is 6.46. The number of rotatable bonds is 2. The molecule has 2 heteroatoms. The number of hydrogen-bond acceptors (Lipinski definition) is 2. The van der Waals surface area contributed by atoms with Crippen LogP contribution in [0.5, 0.6) is 0 Å². The molecule has 90 valence electrons. The van der Waals surface area contributed by atoms with E-state index in [1.807, 2.05) is 0 Å². The Hall–Kier alpha value is -1.12. The van der Waals surface area contributed by atoms with Crippen LogP contribution in [0, 0.1) is 0 Å². The molecule has 0 heterocycles. The van der Waals surface area contributed by atoms with Crippen LogP contribution in [0.25, 0.3) is 5.57 Å². The van der Waals surface area contributed by atoms with Crippen LogP contribution in [-0.4, -0.2) is 17.8 Å². The van der Waals surface area contributed by atoms with Crippen LogP contribution in [0.1, 0.15) is 36.8 Å². The van der Waals surface area contributed by atoms with Crippen molar-refractivity contribution < 1.29 is 5.11 Å². The predicted molar refractivity (Wildman–Crippen MR) is 69.6 cm³/mol. The number of fused-ring (bicyclic) bond motifs is 2. The summed E-state index contributed by atoms with van der Waals surface area (Å²) in [7, 11) is 0. The molecular weight excluding hydrogens is 210 g/mol. The number of nitrogens with two attached hydrogens (primary N) is 1. The second-order valence-electron chi connectivity index (χ2n) is 5.30. The third-order valence-electron chi connectivity index (χ3n) is 4.30. The fraction of sp³-hybridized carbons (Fsp3) is 0.467. The molecule has 0 bridgehead atoms. The summed E-state index contributed by atoms with van der Waals surface area (Å²) in [4.78, 5) is 0. The van der Waals surface area contributed by atoms with Gasteiger partial charge in [-0.25, -0.2) is 0 Å². The number of aliphatic hydroxyl groups is 1. The second-order valence-corrected chi connectivity index (χ2v) is 5.30. The van der Waals surface area contributed by atoms with E-state index in [1.54, 1.807) is 0 Å². The van der Waals surface area contributed by atoms with Crippen LogP contribution in [-0.2, 0) is 5.41 Å². The fourth-order valence-corrected chi connectivity index (χ4v) is 3.45. The van der Waals surface area contributed by atoms with Crippen LogP contribution in [0.15, 0.2) is 30.3 Å². The van der Waals surface area contributed by atoms with Gasteiger partial charge in [0.15, 0.2) is 0 Å². The Morgan fingerprint density at radius 2 is 1.94 bits per heavy atom. The Morgan fingerprint density at radius 1 is 1.24 bits per heavy atom. The average molecular weight is 229 g/mol. The van der Waals surface area contributed by atoms with Gasteiger partial charge >= 0.3 is 0 Å². The lowest BCUT2D eigenvalue weighted by Crippen LogP contribution is -2.25. The molecule has 3 rings (SSSR count). The Labute approximate surface area is 102 Å². The van der Waals surface area contributed by atoms with Crippen molar-refractivity contribution in [3.8, 4) is 0 Å². The van der Waals surface area contributed by atoms with E-state index in [-0.39, 0.29) is 18.1 Å². The van der Waals surface area contributed by atoms with E-state index < -0.39 is 0 Å². The van der Waals surface area contributed by atoms with Gasteiger partial charge < -0.3 is 10.8 Å². The van der Waals surface area contributed by atoms with Gasteiger partial charge in [-0.2, -0.15) is 0 Å². The van der Waals surface area contributed by atoms with Crippen LogP contribution in [0.4, 0.5) is 0 Å². The highest BCUT2D eigenvalue weighted by Crippen LogP contribution is 2.50. The van der Waals surface area contributed by atoms with E-state index in [0.717, 1.165) is 5.57 Å². The SMILES string of the molecule is NC(CO)C1=CC2(CCCC2)c2ccccc21. The third-order valence-corrected chi connectivity index (χ3v) is 4.30. The van der Waals surface area contributed by atoms with E-state index in [9.17, 15) is 5.11 Å². The van der Waals surface area contributed by atoms with Crippen molar-refractivity contribution in [1.29, 1.82) is 0 Å². The Kier molecular flexibility index (Phi) is 2.57. The van der Waals surface area contributed by atoms with Gasteiger partial charge in [-0.1, -0.05) is 43.2 Å². The molecule has 1 aromatic rings.